The molecule has 0 amide bonds. The minimum Gasteiger partial charge on any atom is -0.357 e. The first-order valence-electron chi connectivity index (χ1n) is 11.3. The van der Waals surface area contributed by atoms with Gasteiger partial charge in [-0.25, -0.2) is 0 Å². The Hall–Kier alpha value is -1.02. The summed E-state index contributed by atoms with van der Waals surface area (Å²) in [6.45, 7) is 20.6. The van der Waals surface area contributed by atoms with Crippen molar-refractivity contribution < 1.29 is 0 Å². The van der Waals surface area contributed by atoms with Gasteiger partial charge in [0.25, 0.3) is 0 Å². The Balaban J connectivity index is 1.61. The number of hydrogen-bond donors (Lipinski definition) is 0. The SMILES string of the molecule is CC(C)c1cccc(C(C)C)c1N1CCN([C@H]2CC3CCC2(C)C3(C)C)C1. The van der Waals surface area contributed by atoms with Gasteiger partial charge in [0.2, 0.25) is 0 Å². The van der Waals surface area contributed by atoms with Crippen LogP contribution in [0.4, 0.5) is 5.69 Å². The fraction of sp³-hybridized carbons (Fsp3) is 0.760. The maximum absolute atomic E-state index is 2.84. The van der Waals surface area contributed by atoms with E-state index in [1.165, 1.54) is 49.2 Å². The molecule has 1 saturated heterocycles. The third kappa shape index (κ3) is 2.77. The van der Waals surface area contributed by atoms with Crippen molar-refractivity contribution in [3.8, 4) is 0 Å². The smallest absolute Gasteiger partial charge is 0.0711 e. The maximum atomic E-state index is 2.84. The van der Waals surface area contributed by atoms with Gasteiger partial charge >= 0.3 is 0 Å². The molecular formula is C25H40N2. The summed E-state index contributed by atoms with van der Waals surface area (Å²) in [5.41, 5.74) is 5.60. The molecule has 0 N–H and O–H groups in total. The van der Waals surface area contributed by atoms with Crippen molar-refractivity contribution in [3.05, 3.63) is 29.3 Å². The Bertz CT molecular complexity index is 678. The molecule has 1 aliphatic heterocycles. The van der Waals surface area contributed by atoms with Crippen LogP contribution in [0.5, 0.6) is 0 Å². The minimum atomic E-state index is 0.492. The first-order chi connectivity index (χ1) is 12.7. The number of rotatable bonds is 4. The second-order valence-corrected chi connectivity index (χ2v) is 10.9. The molecule has 1 aromatic carbocycles. The van der Waals surface area contributed by atoms with Crippen LogP contribution in [0.25, 0.3) is 0 Å². The van der Waals surface area contributed by atoms with Crippen molar-refractivity contribution in [2.24, 2.45) is 16.7 Å². The van der Waals surface area contributed by atoms with Gasteiger partial charge in [0.1, 0.15) is 0 Å². The van der Waals surface area contributed by atoms with E-state index in [1.54, 1.807) is 0 Å². The van der Waals surface area contributed by atoms with Gasteiger partial charge in [-0.3, -0.25) is 4.90 Å². The van der Waals surface area contributed by atoms with Gasteiger partial charge in [-0.15, -0.1) is 0 Å². The number of nitrogens with zero attached hydrogens (tertiary/aromatic N) is 2. The second-order valence-electron chi connectivity index (χ2n) is 10.9. The molecule has 2 unspecified atom stereocenters. The quantitative estimate of drug-likeness (QED) is 0.622. The van der Waals surface area contributed by atoms with Crippen LogP contribution in [-0.4, -0.2) is 30.7 Å². The normalized spacial score (nSPS) is 33.0. The molecule has 3 aliphatic rings. The third-order valence-electron chi connectivity index (χ3n) is 8.86. The van der Waals surface area contributed by atoms with Gasteiger partial charge in [0, 0.05) is 24.8 Å². The highest BCUT2D eigenvalue weighted by atomic mass is 15.4. The van der Waals surface area contributed by atoms with E-state index >= 15 is 0 Å². The van der Waals surface area contributed by atoms with Gasteiger partial charge < -0.3 is 4.90 Å². The molecular weight excluding hydrogens is 328 g/mol. The van der Waals surface area contributed by atoms with Crippen molar-refractivity contribution >= 4 is 5.69 Å². The lowest BCUT2D eigenvalue weighted by atomic mass is 9.69. The standard InChI is InChI=1S/C25H40N2/c1-17(2)20-9-8-10-21(18(3)4)23(20)27-14-13-26(16-27)22-15-19-11-12-25(22,7)24(19,5)6/h8-10,17-19,22H,11-16H2,1-7H3/t19?,22-,25?/m0/s1. The predicted octanol–water partition coefficient (Wildman–Crippen LogP) is 6.23. The Morgan fingerprint density at radius 3 is 2.07 bits per heavy atom. The topological polar surface area (TPSA) is 6.48 Å². The van der Waals surface area contributed by atoms with Crippen LogP contribution in [0.3, 0.4) is 0 Å². The van der Waals surface area contributed by atoms with Gasteiger partial charge in [-0.1, -0.05) is 66.7 Å². The van der Waals surface area contributed by atoms with E-state index in [4.69, 9.17) is 0 Å². The third-order valence-corrected chi connectivity index (χ3v) is 8.86. The van der Waals surface area contributed by atoms with Crippen molar-refractivity contribution in [1.29, 1.82) is 0 Å². The number of hydrogen-bond acceptors (Lipinski definition) is 2. The first-order valence-corrected chi connectivity index (χ1v) is 11.3. The molecule has 27 heavy (non-hydrogen) atoms. The zero-order valence-electron chi connectivity index (χ0n) is 18.7. The van der Waals surface area contributed by atoms with Crippen LogP contribution >= 0.6 is 0 Å². The second kappa shape index (κ2) is 6.51. The van der Waals surface area contributed by atoms with E-state index < -0.39 is 0 Å². The zero-order chi connectivity index (χ0) is 19.6. The van der Waals surface area contributed by atoms with Crippen molar-refractivity contribution in [3.63, 3.8) is 0 Å². The summed E-state index contributed by atoms with van der Waals surface area (Å²) in [7, 11) is 0. The molecule has 1 aromatic rings. The molecule has 2 bridgehead atoms. The summed E-state index contributed by atoms with van der Waals surface area (Å²) in [4.78, 5) is 5.54. The van der Waals surface area contributed by atoms with Crippen LogP contribution in [-0.2, 0) is 0 Å². The van der Waals surface area contributed by atoms with E-state index in [1.807, 2.05) is 0 Å². The fourth-order valence-corrected chi connectivity index (χ4v) is 6.64. The highest BCUT2D eigenvalue weighted by Crippen LogP contribution is 2.66. The number of anilines is 1. The molecule has 0 spiro atoms. The lowest BCUT2D eigenvalue weighted by Gasteiger charge is -2.43. The van der Waals surface area contributed by atoms with Gasteiger partial charge in [-0.2, -0.15) is 0 Å². The summed E-state index contributed by atoms with van der Waals surface area (Å²) in [5.74, 6) is 2.08. The largest absolute Gasteiger partial charge is 0.357 e. The van der Waals surface area contributed by atoms with Gasteiger partial charge in [0.05, 0.1) is 6.67 Å². The van der Waals surface area contributed by atoms with E-state index in [0.29, 0.717) is 22.7 Å². The fourth-order valence-electron chi connectivity index (χ4n) is 6.64. The average molecular weight is 369 g/mol. The predicted molar refractivity (Wildman–Crippen MR) is 117 cm³/mol. The Kier molecular flexibility index (Phi) is 4.65. The number of para-hydroxylation sites is 1. The monoisotopic (exact) mass is 368 g/mol. The maximum Gasteiger partial charge on any atom is 0.0711 e. The molecule has 0 radical (unpaired) electrons. The molecule has 2 nitrogen and oxygen atoms in total. The Labute approximate surface area is 167 Å². The van der Waals surface area contributed by atoms with Crippen molar-refractivity contribution in [2.75, 3.05) is 24.7 Å². The van der Waals surface area contributed by atoms with Crippen molar-refractivity contribution in [2.45, 2.75) is 85.6 Å². The zero-order valence-corrected chi connectivity index (χ0v) is 18.7. The summed E-state index contributed by atoms with van der Waals surface area (Å²) < 4.78 is 0. The van der Waals surface area contributed by atoms with Crippen LogP contribution in [0, 0.1) is 16.7 Å². The highest BCUT2D eigenvalue weighted by molar-refractivity contribution is 5.62. The molecule has 2 heteroatoms. The summed E-state index contributed by atoms with van der Waals surface area (Å²) in [6.07, 6.45) is 4.29. The van der Waals surface area contributed by atoms with E-state index in [9.17, 15) is 0 Å². The molecule has 1 heterocycles. The summed E-state index contributed by atoms with van der Waals surface area (Å²) in [6, 6.07) is 7.75. The van der Waals surface area contributed by atoms with Gasteiger partial charge in [0.15, 0.2) is 0 Å². The molecule has 150 valence electrons. The number of fused-ring (bicyclic) bond motifs is 2. The van der Waals surface area contributed by atoms with Crippen LogP contribution in [0.2, 0.25) is 0 Å². The molecule has 3 fully saturated rings. The Morgan fingerprint density at radius 2 is 1.59 bits per heavy atom. The average Bonchev–Trinajstić information content (AvgIpc) is 3.23. The van der Waals surface area contributed by atoms with E-state index in [0.717, 1.165) is 18.6 Å². The summed E-state index contributed by atoms with van der Waals surface area (Å²) >= 11 is 0. The highest BCUT2D eigenvalue weighted by Gasteiger charge is 2.62. The molecule has 2 aliphatic carbocycles. The Morgan fingerprint density at radius 1 is 0.963 bits per heavy atom. The lowest BCUT2D eigenvalue weighted by molar-refractivity contribution is 0.0576. The van der Waals surface area contributed by atoms with Crippen LogP contribution < -0.4 is 4.90 Å². The minimum absolute atomic E-state index is 0.492. The van der Waals surface area contributed by atoms with Crippen LogP contribution in [0.1, 0.15) is 90.7 Å². The van der Waals surface area contributed by atoms with Crippen molar-refractivity contribution in [1.82, 2.24) is 4.90 Å². The van der Waals surface area contributed by atoms with E-state index in [2.05, 4.69) is 76.5 Å². The summed E-state index contributed by atoms with van der Waals surface area (Å²) in [5, 5.41) is 0. The molecule has 4 rings (SSSR count). The lowest BCUT2D eigenvalue weighted by Crippen LogP contribution is -2.46. The number of benzene rings is 1. The molecule has 2 saturated carbocycles. The van der Waals surface area contributed by atoms with Crippen LogP contribution in [0.15, 0.2) is 18.2 Å². The molecule has 0 aromatic heterocycles. The molecule has 3 atom stereocenters. The van der Waals surface area contributed by atoms with E-state index in [-0.39, 0.29) is 0 Å². The first kappa shape index (κ1) is 19.3. The van der Waals surface area contributed by atoms with Gasteiger partial charge in [-0.05, 0) is 59.0 Å².